The number of carbonyl (C=O) groups is 1. The minimum absolute atomic E-state index is 0.0147. The minimum Gasteiger partial charge on any atom is -0.478 e. The van der Waals surface area contributed by atoms with Gasteiger partial charge in [-0.2, -0.15) is 0 Å². The number of para-hydroxylation sites is 1. The lowest BCUT2D eigenvalue weighted by Gasteiger charge is -2.21. The van der Waals surface area contributed by atoms with Crippen molar-refractivity contribution >= 4 is 21.7 Å². The van der Waals surface area contributed by atoms with Crippen LogP contribution in [-0.2, 0) is 16.4 Å². The van der Waals surface area contributed by atoms with Crippen LogP contribution in [0.5, 0.6) is 0 Å². The van der Waals surface area contributed by atoms with Gasteiger partial charge < -0.3 is 5.11 Å². The molecule has 0 amide bonds. The van der Waals surface area contributed by atoms with Crippen LogP contribution in [0.25, 0.3) is 0 Å². The highest BCUT2D eigenvalue weighted by Gasteiger charge is 2.32. The number of fused-ring (bicyclic) bond motifs is 1. The number of hydrogen-bond acceptors (Lipinski definition) is 3. The van der Waals surface area contributed by atoms with Crippen molar-refractivity contribution in [2.45, 2.75) is 25.2 Å². The van der Waals surface area contributed by atoms with E-state index in [2.05, 4.69) is 0 Å². The average Bonchev–Trinajstić information content (AvgIpc) is 2.94. The molecule has 0 spiro atoms. The van der Waals surface area contributed by atoms with E-state index < -0.39 is 16.0 Å². The average molecular weight is 331 g/mol. The summed E-state index contributed by atoms with van der Waals surface area (Å²) in [6.07, 6.45) is 0.659. The lowest BCUT2D eigenvalue weighted by molar-refractivity contribution is 0.0696. The van der Waals surface area contributed by atoms with E-state index in [4.69, 9.17) is 0 Å². The maximum absolute atomic E-state index is 13.1. The summed E-state index contributed by atoms with van der Waals surface area (Å²) in [6.45, 7) is 3.80. The lowest BCUT2D eigenvalue weighted by atomic mass is 10.1. The van der Waals surface area contributed by atoms with Crippen LogP contribution in [0.3, 0.4) is 0 Å². The first-order valence-electron chi connectivity index (χ1n) is 7.27. The van der Waals surface area contributed by atoms with E-state index in [1.54, 1.807) is 26.0 Å². The number of hydrogen-bond donors (Lipinski definition) is 1. The predicted molar refractivity (Wildman–Crippen MR) is 87.6 cm³/mol. The zero-order chi connectivity index (χ0) is 16.8. The second-order valence-electron chi connectivity index (χ2n) is 5.68. The molecule has 0 radical (unpaired) electrons. The molecule has 5 nitrogen and oxygen atoms in total. The highest BCUT2D eigenvalue weighted by molar-refractivity contribution is 7.93. The van der Waals surface area contributed by atoms with E-state index in [9.17, 15) is 18.3 Å². The van der Waals surface area contributed by atoms with Crippen LogP contribution >= 0.6 is 0 Å². The number of aryl methyl sites for hydroxylation is 1. The van der Waals surface area contributed by atoms with Crippen molar-refractivity contribution in [1.29, 1.82) is 0 Å². The number of aromatic carboxylic acids is 1. The molecule has 0 aliphatic carbocycles. The largest absolute Gasteiger partial charge is 0.478 e. The van der Waals surface area contributed by atoms with Gasteiger partial charge in [-0.15, -0.1) is 0 Å². The van der Waals surface area contributed by atoms with Crippen molar-refractivity contribution in [3.8, 4) is 0 Å². The number of sulfonamides is 1. The maximum atomic E-state index is 13.1. The van der Waals surface area contributed by atoms with Gasteiger partial charge in [0.2, 0.25) is 0 Å². The SMILES string of the molecule is Cc1cc(C(=O)O)cc(S(=O)(=O)N2CCc3ccccc32)c1C. The molecule has 6 heteroatoms. The first kappa shape index (κ1) is 15.6. The number of rotatable bonds is 3. The van der Waals surface area contributed by atoms with Crippen molar-refractivity contribution < 1.29 is 18.3 Å². The first-order valence-corrected chi connectivity index (χ1v) is 8.71. The van der Waals surface area contributed by atoms with E-state index in [1.807, 2.05) is 12.1 Å². The van der Waals surface area contributed by atoms with Crippen LogP contribution in [0.1, 0.15) is 27.0 Å². The zero-order valence-electron chi connectivity index (χ0n) is 12.9. The Morgan fingerprint density at radius 3 is 2.57 bits per heavy atom. The van der Waals surface area contributed by atoms with Crippen molar-refractivity contribution in [3.05, 3.63) is 58.7 Å². The Balaban J connectivity index is 2.17. The molecule has 2 aromatic carbocycles. The number of benzene rings is 2. The third-order valence-electron chi connectivity index (χ3n) is 4.28. The van der Waals surface area contributed by atoms with Gasteiger partial charge in [0, 0.05) is 6.54 Å². The van der Waals surface area contributed by atoms with E-state index in [0.29, 0.717) is 29.8 Å². The van der Waals surface area contributed by atoms with Gasteiger partial charge in [-0.05, 0) is 55.2 Å². The van der Waals surface area contributed by atoms with E-state index in [-0.39, 0.29) is 10.5 Å². The summed E-state index contributed by atoms with van der Waals surface area (Å²) in [5.41, 5.74) is 2.87. The third kappa shape index (κ3) is 2.49. The van der Waals surface area contributed by atoms with Gasteiger partial charge in [0.1, 0.15) is 0 Å². The number of nitrogens with zero attached hydrogens (tertiary/aromatic N) is 1. The summed E-state index contributed by atoms with van der Waals surface area (Å²) in [7, 11) is -3.79. The summed E-state index contributed by atoms with van der Waals surface area (Å²) in [5, 5.41) is 9.21. The Kier molecular flexibility index (Phi) is 3.64. The Morgan fingerprint density at radius 2 is 1.87 bits per heavy atom. The monoisotopic (exact) mass is 331 g/mol. The molecule has 0 bridgehead atoms. The van der Waals surface area contributed by atoms with Crippen molar-refractivity contribution in [2.75, 3.05) is 10.8 Å². The van der Waals surface area contributed by atoms with E-state index in [0.717, 1.165) is 5.56 Å². The Labute approximate surface area is 135 Å². The van der Waals surface area contributed by atoms with Gasteiger partial charge in [0.05, 0.1) is 16.1 Å². The second-order valence-corrected chi connectivity index (χ2v) is 7.51. The fraction of sp³-hybridized carbons (Fsp3) is 0.235. The minimum atomic E-state index is -3.79. The van der Waals surface area contributed by atoms with Gasteiger partial charge >= 0.3 is 5.97 Å². The predicted octanol–water partition coefficient (Wildman–Crippen LogP) is 2.75. The van der Waals surface area contributed by atoms with Crippen LogP contribution in [-0.4, -0.2) is 26.0 Å². The molecule has 0 fully saturated rings. The maximum Gasteiger partial charge on any atom is 0.335 e. The summed E-state index contributed by atoms with van der Waals surface area (Å²) in [4.78, 5) is 11.3. The van der Waals surface area contributed by atoms with Gasteiger partial charge in [-0.3, -0.25) is 4.31 Å². The van der Waals surface area contributed by atoms with Crippen LogP contribution < -0.4 is 4.31 Å². The summed E-state index contributed by atoms with van der Waals surface area (Å²) in [5.74, 6) is -1.13. The molecule has 3 rings (SSSR count). The number of anilines is 1. The summed E-state index contributed by atoms with van der Waals surface area (Å²) in [6, 6.07) is 10.1. The smallest absolute Gasteiger partial charge is 0.335 e. The molecular formula is C17H17NO4S. The van der Waals surface area contributed by atoms with Gasteiger partial charge in [-0.25, -0.2) is 13.2 Å². The normalized spacial score (nSPS) is 13.9. The molecular weight excluding hydrogens is 314 g/mol. The van der Waals surface area contributed by atoms with Crippen LogP contribution in [0, 0.1) is 13.8 Å². The molecule has 0 saturated carbocycles. The van der Waals surface area contributed by atoms with Crippen molar-refractivity contribution in [2.24, 2.45) is 0 Å². The van der Waals surface area contributed by atoms with Gasteiger partial charge in [0.15, 0.2) is 0 Å². The van der Waals surface area contributed by atoms with Gasteiger partial charge in [-0.1, -0.05) is 18.2 Å². The van der Waals surface area contributed by atoms with Crippen molar-refractivity contribution in [3.63, 3.8) is 0 Å². The molecule has 1 aliphatic rings. The third-order valence-corrected chi connectivity index (χ3v) is 6.22. The molecule has 1 aliphatic heterocycles. The quantitative estimate of drug-likeness (QED) is 0.938. The Bertz CT molecular complexity index is 903. The molecule has 1 heterocycles. The number of carboxylic acids is 1. The molecule has 0 aromatic heterocycles. The molecule has 120 valence electrons. The summed E-state index contributed by atoms with van der Waals surface area (Å²) < 4.78 is 27.5. The standard InChI is InChI=1S/C17H17NO4S/c1-11-9-14(17(19)20)10-16(12(11)2)23(21,22)18-8-7-13-5-3-4-6-15(13)18/h3-6,9-10H,7-8H2,1-2H3,(H,19,20). The fourth-order valence-electron chi connectivity index (χ4n) is 2.89. The molecule has 0 unspecified atom stereocenters. The van der Waals surface area contributed by atoms with E-state index >= 15 is 0 Å². The van der Waals surface area contributed by atoms with E-state index in [1.165, 1.54) is 16.4 Å². The topological polar surface area (TPSA) is 74.7 Å². The Morgan fingerprint density at radius 1 is 1.17 bits per heavy atom. The number of carboxylic acid groups (broad SMARTS) is 1. The highest BCUT2D eigenvalue weighted by atomic mass is 32.2. The molecule has 0 saturated heterocycles. The Hall–Kier alpha value is -2.34. The fourth-order valence-corrected chi connectivity index (χ4v) is 4.72. The molecule has 1 N–H and O–H groups in total. The van der Waals surface area contributed by atoms with Crippen LogP contribution in [0.4, 0.5) is 5.69 Å². The molecule has 23 heavy (non-hydrogen) atoms. The van der Waals surface area contributed by atoms with Gasteiger partial charge in [0.25, 0.3) is 10.0 Å². The zero-order valence-corrected chi connectivity index (χ0v) is 13.7. The summed E-state index contributed by atoms with van der Waals surface area (Å²) >= 11 is 0. The first-order chi connectivity index (χ1) is 10.8. The molecule has 2 aromatic rings. The highest BCUT2D eigenvalue weighted by Crippen LogP contribution is 2.34. The second kappa shape index (κ2) is 5.38. The van der Waals surface area contributed by atoms with Crippen LogP contribution in [0.15, 0.2) is 41.3 Å². The molecule has 0 atom stereocenters. The lowest BCUT2D eigenvalue weighted by Crippen LogP contribution is -2.30. The van der Waals surface area contributed by atoms with Crippen LogP contribution in [0.2, 0.25) is 0 Å². The van der Waals surface area contributed by atoms with Crippen molar-refractivity contribution in [1.82, 2.24) is 0 Å².